The SMILES string of the molecule is CC1=C(C)C(C)C(C)(c2ccccc2)C(=O)C1=O. The van der Waals surface area contributed by atoms with Gasteiger partial charge in [0.2, 0.25) is 11.6 Å². The number of rotatable bonds is 1. The maximum absolute atomic E-state index is 12.4. The first-order valence-corrected chi connectivity index (χ1v) is 6.22. The molecule has 94 valence electrons. The zero-order valence-electron chi connectivity index (χ0n) is 11.3. The van der Waals surface area contributed by atoms with Gasteiger partial charge < -0.3 is 0 Å². The summed E-state index contributed by atoms with van der Waals surface area (Å²) in [5.74, 6) is -0.577. The monoisotopic (exact) mass is 242 g/mol. The van der Waals surface area contributed by atoms with Crippen molar-refractivity contribution in [3.8, 4) is 0 Å². The van der Waals surface area contributed by atoms with Crippen LogP contribution in [0, 0.1) is 5.92 Å². The van der Waals surface area contributed by atoms with E-state index < -0.39 is 5.41 Å². The maximum Gasteiger partial charge on any atom is 0.225 e. The molecule has 1 aromatic rings. The van der Waals surface area contributed by atoms with Gasteiger partial charge in [-0.05, 0) is 37.8 Å². The molecule has 0 fully saturated rings. The molecule has 2 rings (SSSR count). The van der Waals surface area contributed by atoms with Gasteiger partial charge in [0.05, 0.1) is 5.41 Å². The first kappa shape index (κ1) is 12.7. The zero-order chi connectivity index (χ0) is 13.5. The minimum atomic E-state index is -0.734. The number of carbonyl (C=O) groups is 2. The van der Waals surface area contributed by atoms with Crippen molar-refractivity contribution in [2.75, 3.05) is 0 Å². The van der Waals surface area contributed by atoms with E-state index >= 15 is 0 Å². The van der Waals surface area contributed by atoms with E-state index in [0.717, 1.165) is 11.1 Å². The molecule has 0 spiro atoms. The maximum atomic E-state index is 12.4. The highest BCUT2D eigenvalue weighted by atomic mass is 16.2. The largest absolute Gasteiger partial charge is 0.289 e. The van der Waals surface area contributed by atoms with Crippen molar-refractivity contribution in [2.45, 2.75) is 33.1 Å². The molecule has 1 aliphatic carbocycles. The molecule has 0 aliphatic heterocycles. The highest BCUT2D eigenvalue weighted by Crippen LogP contribution is 2.42. The van der Waals surface area contributed by atoms with Gasteiger partial charge in [-0.2, -0.15) is 0 Å². The summed E-state index contributed by atoms with van der Waals surface area (Å²) in [6.45, 7) is 7.60. The number of benzene rings is 1. The van der Waals surface area contributed by atoms with E-state index in [-0.39, 0.29) is 17.5 Å². The molecule has 0 saturated heterocycles. The van der Waals surface area contributed by atoms with Crippen LogP contribution in [0.3, 0.4) is 0 Å². The first-order valence-electron chi connectivity index (χ1n) is 6.22. The molecule has 2 nitrogen and oxygen atoms in total. The second-order valence-corrected chi connectivity index (χ2v) is 5.26. The Balaban J connectivity index is 2.65. The Hall–Kier alpha value is -1.70. The standard InChI is InChI=1S/C16H18O2/c1-10-11(2)14(17)15(18)16(4,12(10)3)13-8-6-5-7-9-13/h5-9,12H,1-4H3. The predicted molar refractivity (Wildman–Crippen MR) is 71.3 cm³/mol. The molecule has 0 heterocycles. The summed E-state index contributed by atoms with van der Waals surface area (Å²) < 4.78 is 0. The van der Waals surface area contributed by atoms with E-state index in [4.69, 9.17) is 0 Å². The van der Waals surface area contributed by atoms with Gasteiger partial charge >= 0.3 is 0 Å². The van der Waals surface area contributed by atoms with Gasteiger partial charge in [-0.15, -0.1) is 0 Å². The van der Waals surface area contributed by atoms with E-state index in [1.54, 1.807) is 6.92 Å². The van der Waals surface area contributed by atoms with Crippen molar-refractivity contribution in [3.63, 3.8) is 0 Å². The van der Waals surface area contributed by atoms with Crippen LogP contribution >= 0.6 is 0 Å². The van der Waals surface area contributed by atoms with E-state index in [1.807, 2.05) is 51.1 Å². The average molecular weight is 242 g/mol. The number of hydrogen-bond acceptors (Lipinski definition) is 2. The van der Waals surface area contributed by atoms with Crippen LogP contribution in [0.1, 0.15) is 33.3 Å². The molecule has 0 aromatic heterocycles. The van der Waals surface area contributed by atoms with E-state index in [0.29, 0.717) is 5.57 Å². The summed E-state index contributed by atoms with van der Waals surface area (Å²) >= 11 is 0. The molecule has 1 aromatic carbocycles. The lowest BCUT2D eigenvalue weighted by Gasteiger charge is -2.39. The van der Waals surface area contributed by atoms with Crippen LogP contribution in [-0.4, -0.2) is 11.6 Å². The minimum absolute atomic E-state index is 0.0464. The fourth-order valence-corrected chi connectivity index (χ4v) is 2.71. The average Bonchev–Trinajstić information content (AvgIpc) is 2.42. The Labute approximate surface area is 108 Å². The quantitative estimate of drug-likeness (QED) is 0.709. The lowest BCUT2D eigenvalue weighted by molar-refractivity contribution is -0.139. The van der Waals surface area contributed by atoms with Crippen molar-refractivity contribution in [1.29, 1.82) is 0 Å². The predicted octanol–water partition coefficient (Wildman–Crippen LogP) is 3.07. The van der Waals surface area contributed by atoms with E-state index in [1.165, 1.54) is 0 Å². The third kappa shape index (κ3) is 1.56. The number of hydrogen-bond donors (Lipinski definition) is 0. The smallest absolute Gasteiger partial charge is 0.225 e. The molecule has 0 amide bonds. The molecular weight excluding hydrogens is 224 g/mol. The van der Waals surface area contributed by atoms with Crippen LogP contribution in [0.4, 0.5) is 0 Å². The molecule has 1 aliphatic rings. The molecule has 0 N–H and O–H groups in total. The fraction of sp³-hybridized carbons (Fsp3) is 0.375. The van der Waals surface area contributed by atoms with Gasteiger partial charge in [-0.25, -0.2) is 0 Å². The van der Waals surface area contributed by atoms with Crippen LogP contribution in [0.25, 0.3) is 0 Å². The molecule has 0 bridgehead atoms. The lowest BCUT2D eigenvalue weighted by atomic mass is 9.62. The summed E-state index contributed by atoms with van der Waals surface area (Å²) in [5, 5.41) is 0. The van der Waals surface area contributed by atoms with E-state index in [2.05, 4.69) is 0 Å². The van der Waals surface area contributed by atoms with Crippen LogP contribution in [0.5, 0.6) is 0 Å². The van der Waals surface area contributed by atoms with Crippen LogP contribution in [0.2, 0.25) is 0 Å². The number of allylic oxidation sites excluding steroid dienone is 2. The number of Topliss-reactive ketones (excluding diaryl/α,β-unsaturated/α-hetero) is 2. The highest BCUT2D eigenvalue weighted by molar-refractivity contribution is 6.47. The van der Waals surface area contributed by atoms with Gasteiger partial charge in [-0.1, -0.05) is 42.8 Å². The Morgan fingerprint density at radius 1 is 1.06 bits per heavy atom. The molecule has 2 heteroatoms. The summed E-state index contributed by atoms with van der Waals surface area (Å²) in [6.07, 6.45) is 0. The van der Waals surface area contributed by atoms with E-state index in [9.17, 15) is 9.59 Å². The van der Waals surface area contributed by atoms with Gasteiger partial charge in [-0.3, -0.25) is 9.59 Å². The number of carbonyl (C=O) groups excluding carboxylic acids is 2. The third-order valence-electron chi connectivity index (χ3n) is 4.50. The second kappa shape index (κ2) is 4.20. The van der Waals surface area contributed by atoms with Crippen LogP contribution in [-0.2, 0) is 15.0 Å². The Kier molecular flexibility index (Phi) is 2.97. The van der Waals surface area contributed by atoms with Crippen LogP contribution < -0.4 is 0 Å². The summed E-state index contributed by atoms with van der Waals surface area (Å²) in [6, 6.07) is 9.59. The first-order chi connectivity index (χ1) is 8.40. The second-order valence-electron chi connectivity index (χ2n) is 5.26. The molecule has 0 radical (unpaired) electrons. The topological polar surface area (TPSA) is 34.1 Å². The minimum Gasteiger partial charge on any atom is -0.289 e. The molecule has 2 atom stereocenters. The molecular formula is C16H18O2. The van der Waals surface area contributed by atoms with Crippen molar-refractivity contribution in [1.82, 2.24) is 0 Å². The third-order valence-corrected chi connectivity index (χ3v) is 4.50. The highest BCUT2D eigenvalue weighted by Gasteiger charge is 2.48. The lowest BCUT2D eigenvalue weighted by Crippen LogP contribution is -2.47. The van der Waals surface area contributed by atoms with Crippen molar-refractivity contribution in [2.24, 2.45) is 5.92 Å². The van der Waals surface area contributed by atoms with Crippen LogP contribution in [0.15, 0.2) is 41.5 Å². The normalized spacial score (nSPS) is 28.8. The fourth-order valence-electron chi connectivity index (χ4n) is 2.71. The van der Waals surface area contributed by atoms with Gasteiger partial charge in [0.15, 0.2) is 0 Å². The van der Waals surface area contributed by atoms with Crippen molar-refractivity contribution < 1.29 is 9.59 Å². The molecule has 18 heavy (non-hydrogen) atoms. The Morgan fingerprint density at radius 2 is 1.61 bits per heavy atom. The van der Waals surface area contributed by atoms with Crippen molar-refractivity contribution >= 4 is 11.6 Å². The summed E-state index contributed by atoms with van der Waals surface area (Å²) in [7, 11) is 0. The van der Waals surface area contributed by atoms with Gasteiger partial charge in [0.25, 0.3) is 0 Å². The summed E-state index contributed by atoms with van der Waals surface area (Å²) in [5.41, 5.74) is 1.82. The zero-order valence-corrected chi connectivity index (χ0v) is 11.3. The Morgan fingerprint density at radius 3 is 2.17 bits per heavy atom. The molecule has 2 unspecified atom stereocenters. The summed E-state index contributed by atoms with van der Waals surface area (Å²) in [4.78, 5) is 24.5. The van der Waals surface area contributed by atoms with Gasteiger partial charge in [0, 0.05) is 0 Å². The van der Waals surface area contributed by atoms with Gasteiger partial charge in [0.1, 0.15) is 0 Å². The number of ketones is 2. The molecule has 0 saturated carbocycles. The Bertz CT molecular complexity index is 539. The van der Waals surface area contributed by atoms with Crippen molar-refractivity contribution in [3.05, 3.63) is 47.0 Å².